The number of benzene rings is 1. The van der Waals surface area contributed by atoms with Gasteiger partial charge in [0.15, 0.2) is 0 Å². The fourth-order valence-electron chi connectivity index (χ4n) is 1.52. The second-order valence-electron chi connectivity index (χ2n) is 3.70. The molecular formula is C11H12Cl2N4. The van der Waals surface area contributed by atoms with Crippen molar-refractivity contribution >= 4 is 23.2 Å². The van der Waals surface area contributed by atoms with Gasteiger partial charge in [-0.05, 0) is 30.7 Å². The zero-order valence-corrected chi connectivity index (χ0v) is 10.8. The molecule has 90 valence electrons. The summed E-state index contributed by atoms with van der Waals surface area (Å²) in [7, 11) is 0. The second-order valence-corrected chi connectivity index (χ2v) is 4.54. The third-order valence-corrected chi connectivity index (χ3v) is 3.04. The Morgan fingerprint density at radius 1 is 1.41 bits per heavy atom. The Kier molecular flexibility index (Phi) is 3.99. The summed E-state index contributed by atoms with van der Waals surface area (Å²) in [5.74, 6) is 0.787. The molecule has 2 rings (SSSR count). The van der Waals surface area contributed by atoms with E-state index >= 15 is 0 Å². The van der Waals surface area contributed by atoms with Crippen molar-refractivity contribution in [3.63, 3.8) is 0 Å². The highest BCUT2D eigenvalue weighted by molar-refractivity contribution is 6.33. The molecule has 17 heavy (non-hydrogen) atoms. The molecule has 0 radical (unpaired) electrons. The number of hydrogen-bond acceptors (Lipinski definition) is 3. The molecule has 0 saturated heterocycles. The average molecular weight is 271 g/mol. The van der Waals surface area contributed by atoms with Crippen molar-refractivity contribution in [1.82, 2.24) is 20.5 Å². The van der Waals surface area contributed by atoms with E-state index in [0.717, 1.165) is 11.4 Å². The van der Waals surface area contributed by atoms with Crippen molar-refractivity contribution < 1.29 is 0 Å². The van der Waals surface area contributed by atoms with Gasteiger partial charge in [-0.25, -0.2) is 4.98 Å². The van der Waals surface area contributed by atoms with Gasteiger partial charge in [0.1, 0.15) is 12.2 Å². The standard InChI is InChI=1S/C11H12Cl2N4/c1-7(14-5-11-15-6-16-17-11)9-4-8(12)2-3-10(9)13/h2-4,6-7,14H,5H2,1H3,(H,15,16,17). The Balaban J connectivity index is 2.04. The van der Waals surface area contributed by atoms with E-state index < -0.39 is 0 Å². The minimum absolute atomic E-state index is 0.0892. The van der Waals surface area contributed by atoms with Crippen LogP contribution in [0.25, 0.3) is 0 Å². The Bertz CT molecular complexity index is 484. The Morgan fingerprint density at radius 2 is 2.24 bits per heavy atom. The van der Waals surface area contributed by atoms with E-state index in [1.165, 1.54) is 6.33 Å². The van der Waals surface area contributed by atoms with Crippen LogP contribution in [0.5, 0.6) is 0 Å². The summed E-state index contributed by atoms with van der Waals surface area (Å²) in [5.41, 5.74) is 0.971. The zero-order valence-electron chi connectivity index (χ0n) is 9.24. The highest BCUT2D eigenvalue weighted by Crippen LogP contribution is 2.26. The maximum absolute atomic E-state index is 6.12. The Morgan fingerprint density at radius 3 is 2.94 bits per heavy atom. The molecule has 1 unspecified atom stereocenters. The van der Waals surface area contributed by atoms with Crippen molar-refractivity contribution in [1.29, 1.82) is 0 Å². The third-order valence-electron chi connectivity index (χ3n) is 2.47. The molecule has 2 aromatic rings. The molecule has 1 aromatic carbocycles. The number of hydrogen-bond donors (Lipinski definition) is 2. The lowest BCUT2D eigenvalue weighted by molar-refractivity contribution is 0.560. The van der Waals surface area contributed by atoms with Gasteiger partial charge in [0.25, 0.3) is 0 Å². The molecule has 0 bridgehead atoms. The first-order chi connectivity index (χ1) is 8.16. The molecule has 1 aromatic heterocycles. The lowest BCUT2D eigenvalue weighted by Gasteiger charge is -2.15. The van der Waals surface area contributed by atoms with Crippen molar-refractivity contribution in [2.45, 2.75) is 19.5 Å². The molecule has 0 aliphatic carbocycles. The number of aromatic nitrogens is 3. The lowest BCUT2D eigenvalue weighted by atomic mass is 10.1. The molecule has 1 heterocycles. The van der Waals surface area contributed by atoms with E-state index in [1.54, 1.807) is 12.1 Å². The predicted octanol–water partition coefficient (Wildman–Crippen LogP) is 2.96. The van der Waals surface area contributed by atoms with Crippen LogP contribution >= 0.6 is 23.2 Å². The highest BCUT2D eigenvalue weighted by atomic mass is 35.5. The highest BCUT2D eigenvalue weighted by Gasteiger charge is 2.10. The predicted molar refractivity (Wildman–Crippen MR) is 68.1 cm³/mol. The van der Waals surface area contributed by atoms with E-state index in [1.807, 2.05) is 13.0 Å². The van der Waals surface area contributed by atoms with Crippen LogP contribution in [0, 0.1) is 0 Å². The molecule has 6 heteroatoms. The molecule has 4 nitrogen and oxygen atoms in total. The fourth-order valence-corrected chi connectivity index (χ4v) is 1.98. The first-order valence-electron chi connectivity index (χ1n) is 5.19. The van der Waals surface area contributed by atoms with Gasteiger partial charge in [-0.3, -0.25) is 5.10 Å². The molecule has 2 N–H and O–H groups in total. The van der Waals surface area contributed by atoms with E-state index in [4.69, 9.17) is 23.2 Å². The monoisotopic (exact) mass is 270 g/mol. The number of aromatic amines is 1. The SMILES string of the molecule is CC(NCc1ncn[nH]1)c1cc(Cl)ccc1Cl. The summed E-state index contributed by atoms with van der Waals surface area (Å²) < 4.78 is 0. The molecule has 1 atom stereocenters. The minimum atomic E-state index is 0.0892. The van der Waals surface area contributed by atoms with Gasteiger partial charge >= 0.3 is 0 Å². The average Bonchev–Trinajstić information content (AvgIpc) is 2.82. The van der Waals surface area contributed by atoms with Gasteiger partial charge in [-0.2, -0.15) is 5.10 Å². The third kappa shape index (κ3) is 3.19. The van der Waals surface area contributed by atoms with Crippen molar-refractivity contribution in [2.24, 2.45) is 0 Å². The lowest BCUT2D eigenvalue weighted by Crippen LogP contribution is -2.19. The largest absolute Gasteiger partial charge is 0.303 e. The van der Waals surface area contributed by atoms with Gasteiger partial charge in [0.05, 0.1) is 6.54 Å². The molecular weight excluding hydrogens is 259 g/mol. The van der Waals surface area contributed by atoms with Crippen molar-refractivity contribution in [3.05, 3.63) is 46.0 Å². The number of nitrogens with zero attached hydrogens (tertiary/aromatic N) is 2. The van der Waals surface area contributed by atoms with Crippen LogP contribution in [0.2, 0.25) is 10.0 Å². The van der Waals surface area contributed by atoms with Crippen LogP contribution in [0.15, 0.2) is 24.5 Å². The maximum atomic E-state index is 6.12. The summed E-state index contributed by atoms with van der Waals surface area (Å²) in [6.45, 7) is 2.62. The molecule has 0 saturated carbocycles. The van der Waals surface area contributed by atoms with Crippen molar-refractivity contribution in [2.75, 3.05) is 0 Å². The first kappa shape index (κ1) is 12.4. The van der Waals surface area contributed by atoms with Crippen LogP contribution in [0.3, 0.4) is 0 Å². The quantitative estimate of drug-likeness (QED) is 0.898. The molecule has 0 spiro atoms. The summed E-state index contributed by atoms with van der Waals surface area (Å²) >= 11 is 12.1. The first-order valence-corrected chi connectivity index (χ1v) is 5.95. The van der Waals surface area contributed by atoms with Crippen molar-refractivity contribution in [3.8, 4) is 0 Å². The van der Waals surface area contributed by atoms with E-state index in [9.17, 15) is 0 Å². The van der Waals surface area contributed by atoms with Crippen LogP contribution in [-0.2, 0) is 6.54 Å². The Labute approximate surface area is 109 Å². The van der Waals surface area contributed by atoms with Crippen LogP contribution in [0.1, 0.15) is 24.4 Å². The summed E-state index contributed by atoms with van der Waals surface area (Å²) in [6, 6.07) is 5.52. The van der Waals surface area contributed by atoms with Gasteiger partial charge in [-0.1, -0.05) is 23.2 Å². The molecule has 0 aliphatic heterocycles. The smallest absolute Gasteiger partial charge is 0.138 e. The van der Waals surface area contributed by atoms with Crippen LogP contribution < -0.4 is 5.32 Å². The van der Waals surface area contributed by atoms with Gasteiger partial charge in [-0.15, -0.1) is 0 Å². The van der Waals surface area contributed by atoms with E-state index in [-0.39, 0.29) is 6.04 Å². The molecule has 0 fully saturated rings. The fraction of sp³-hybridized carbons (Fsp3) is 0.273. The van der Waals surface area contributed by atoms with Gasteiger partial charge in [0.2, 0.25) is 0 Å². The molecule has 0 aliphatic rings. The zero-order chi connectivity index (χ0) is 12.3. The number of nitrogens with one attached hydrogen (secondary N) is 2. The summed E-state index contributed by atoms with van der Waals surface area (Å²) in [5, 5.41) is 11.2. The maximum Gasteiger partial charge on any atom is 0.138 e. The topological polar surface area (TPSA) is 53.6 Å². The minimum Gasteiger partial charge on any atom is -0.303 e. The number of halogens is 2. The normalized spacial score (nSPS) is 12.6. The number of H-pyrrole nitrogens is 1. The number of rotatable bonds is 4. The molecule has 0 amide bonds. The van der Waals surface area contributed by atoms with E-state index in [0.29, 0.717) is 16.6 Å². The summed E-state index contributed by atoms with van der Waals surface area (Å²) in [6.07, 6.45) is 1.48. The van der Waals surface area contributed by atoms with E-state index in [2.05, 4.69) is 20.5 Å². The summed E-state index contributed by atoms with van der Waals surface area (Å²) in [4.78, 5) is 4.03. The van der Waals surface area contributed by atoms with Gasteiger partial charge < -0.3 is 5.32 Å². The van der Waals surface area contributed by atoms with Crippen LogP contribution in [-0.4, -0.2) is 15.2 Å². The Hall–Kier alpha value is -1.10. The second kappa shape index (κ2) is 5.49. The van der Waals surface area contributed by atoms with Crippen LogP contribution in [0.4, 0.5) is 0 Å². The van der Waals surface area contributed by atoms with Gasteiger partial charge in [0, 0.05) is 16.1 Å².